The molecule has 0 radical (unpaired) electrons. The number of benzene rings is 1. The number of carbonyl (C=O) groups is 1. The topological polar surface area (TPSA) is 43.8 Å². The molecule has 1 aromatic rings. The number of unbranched alkanes of at least 4 members (excludes halogenated alkanes) is 2. The Balaban J connectivity index is 1.67. The predicted octanol–water partition coefficient (Wildman–Crippen LogP) is 3.11. The van der Waals surface area contributed by atoms with Crippen LogP contribution in [0.3, 0.4) is 0 Å². The minimum Gasteiger partial charge on any atom is -0.481 e. The monoisotopic (exact) mass is 310 g/mol. The number of piperazine rings is 1. The molecular weight excluding hydrogens is 288 g/mol. The number of hydrogen-bond donors (Lipinski definition) is 1. The Morgan fingerprint density at radius 2 is 1.81 bits per heavy atom. The fourth-order valence-corrected chi connectivity index (χ4v) is 2.96. The van der Waals surface area contributed by atoms with Gasteiger partial charge in [-0.25, -0.2) is 0 Å². The molecule has 1 fully saturated rings. The molecule has 1 aliphatic rings. The van der Waals surface area contributed by atoms with Crippen LogP contribution in [-0.4, -0.2) is 48.7 Å². The Hall–Kier alpha value is -1.26. The zero-order valence-corrected chi connectivity index (χ0v) is 13.1. The first kappa shape index (κ1) is 16.1. The summed E-state index contributed by atoms with van der Waals surface area (Å²) in [6.07, 6.45) is 3.16. The van der Waals surface area contributed by atoms with E-state index in [4.69, 9.17) is 16.7 Å². The molecule has 1 saturated heterocycles. The van der Waals surface area contributed by atoms with E-state index in [1.807, 2.05) is 18.2 Å². The van der Waals surface area contributed by atoms with Crippen molar-refractivity contribution in [1.29, 1.82) is 0 Å². The first-order chi connectivity index (χ1) is 10.2. The van der Waals surface area contributed by atoms with Crippen molar-refractivity contribution in [2.45, 2.75) is 25.7 Å². The van der Waals surface area contributed by atoms with E-state index < -0.39 is 5.97 Å². The summed E-state index contributed by atoms with van der Waals surface area (Å²) >= 11 is 6.23. The van der Waals surface area contributed by atoms with Gasteiger partial charge < -0.3 is 10.0 Å². The number of rotatable bonds is 7. The Morgan fingerprint density at radius 1 is 1.10 bits per heavy atom. The van der Waals surface area contributed by atoms with Gasteiger partial charge in [-0.15, -0.1) is 0 Å². The zero-order chi connectivity index (χ0) is 15.1. The predicted molar refractivity (Wildman–Crippen MR) is 86.2 cm³/mol. The number of carboxylic acid groups (broad SMARTS) is 1. The van der Waals surface area contributed by atoms with E-state index in [0.29, 0.717) is 6.42 Å². The smallest absolute Gasteiger partial charge is 0.303 e. The minimum absolute atomic E-state index is 0.292. The van der Waals surface area contributed by atoms with Crippen LogP contribution in [0.25, 0.3) is 0 Å². The summed E-state index contributed by atoms with van der Waals surface area (Å²) in [7, 11) is 0. The average molecular weight is 311 g/mol. The fraction of sp³-hybridized carbons (Fsp3) is 0.562. The van der Waals surface area contributed by atoms with Crippen LogP contribution in [-0.2, 0) is 4.79 Å². The number of anilines is 1. The van der Waals surface area contributed by atoms with Gasteiger partial charge in [0, 0.05) is 32.6 Å². The van der Waals surface area contributed by atoms with Gasteiger partial charge in [0.05, 0.1) is 10.7 Å². The van der Waals surface area contributed by atoms with Gasteiger partial charge in [-0.1, -0.05) is 30.2 Å². The summed E-state index contributed by atoms with van der Waals surface area (Å²) < 4.78 is 0. The number of aliphatic carboxylic acids is 1. The lowest BCUT2D eigenvalue weighted by atomic mass is 10.1. The van der Waals surface area contributed by atoms with E-state index >= 15 is 0 Å². The molecule has 1 heterocycles. The number of nitrogens with zero attached hydrogens (tertiary/aromatic N) is 2. The molecule has 2 rings (SSSR count). The molecule has 4 nitrogen and oxygen atoms in total. The van der Waals surface area contributed by atoms with Gasteiger partial charge in [0.1, 0.15) is 0 Å². The Morgan fingerprint density at radius 3 is 2.48 bits per heavy atom. The fourth-order valence-electron chi connectivity index (χ4n) is 2.71. The second kappa shape index (κ2) is 8.25. The molecule has 1 N–H and O–H groups in total. The van der Waals surface area contributed by atoms with Gasteiger partial charge in [0.25, 0.3) is 0 Å². The van der Waals surface area contributed by atoms with E-state index in [9.17, 15) is 4.79 Å². The quantitative estimate of drug-likeness (QED) is 0.786. The van der Waals surface area contributed by atoms with E-state index in [-0.39, 0.29) is 0 Å². The lowest BCUT2D eigenvalue weighted by Crippen LogP contribution is -2.46. The highest BCUT2D eigenvalue weighted by atomic mass is 35.5. The number of para-hydroxylation sites is 1. The van der Waals surface area contributed by atoms with E-state index in [2.05, 4.69) is 15.9 Å². The van der Waals surface area contributed by atoms with Crippen LogP contribution in [0.15, 0.2) is 24.3 Å². The van der Waals surface area contributed by atoms with E-state index in [1.54, 1.807) is 0 Å². The molecule has 0 unspecified atom stereocenters. The van der Waals surface area contributed by atoms with Gasteiger partial charge in [-0.2, -0.15) is 0 Å². The van der Waals surface area contributed by atoms with Crippen LogP contribution in [0.4, 0.5) is 5.69 Å². The van der Waals surface area contributed by atoms with Gasteiger partial charge >= 0.3 is 5.97 Å². The van der Waals surface area contributed by atoms with Crippen molar-refractivity contribution in [2.24, 2.45) is 0 Å². The molecule has 0 saturated carbocycles. The maximum Gasteiger partial charge on any atom is 0.303 e. The molecule has 1 aromatic carbocycles. The summed E-state index contributed by atoms with van der Waals surface area (Å²) in [5.41, 5.74) is 1.13. The van der Waals surface area contributed by atoms with Gasteiger partial charge in [-0.05, 0) is 31.5 Å². The third-order valence-electron chi connectivity index (χ3n) is 3.93. The van der Waals surface area contributed by atoms with Crippen molar-refractivity contribution in [3.05, 3.63) is 29.3 Å². The first-order valence-electron chi connectivity index (χ1n) is 7.60. The standard InChI is InChI=1S/C16H23ClN2O2/c17-14-6-3-4-7-15(14)19-12-10-18(11-13-19)9-5-1-2-8-16(20)21/h3-4,6-7H,1-2,5,8-13H2,(H,20,21). The molecule has 21 heavy (non-hydrogen) atoms. The third kappa shape index (κ3) is 5.21. The second-order valence-corrected chi connectivity index (χ2v) is 5.89. The van der Waals surface area contributed by atoms with Crippen LogP contribution in [0.2, 0.25) is 5.02 Å². The highest BCUT2D eigenvalue weighted by Gasteiger charge is 2.18. The first-order valence-corrected chi connectivity index (χ1v) is 7.98. The lowest BCUT2D eigenvalue weighted by Gasteiger charge is -2.36. The van der Waals surface area contributed by atoms with E-state index in [1.165, 1.54) is 0 Å². The SMILES string of the molecule is O=C(O)CCCCCN1CCN(c2ccccc2Cl)CC1. The molecule has 0 bridgehead atoms. The summed E-state index contributed by atoms with van der Waals surface area (Å²) in [4.78, 5) is 15.2. The zero-order valence-electron chi connectivity index (χ0n) is 12.3. The molecular formula is C16H23ClN2O2. The van der Waals surface area contributed by atoms with Crippen LogP contribution >= 0.6 is 11.6 Å². The Labute approximate surface area is 131 Å². The van der Waals surface area contributed by atoms with Crippen LogP contribution in [0, 0.1) is 0 Å². The van der Waals surface area contributed by atoms with Gasteiger partial charge in [0.15, 0.2) is 0 Å². The van der Waals surface area contributed by atoms with Crippen molar-refractivity contribution in [3.63, 3.8) is 0 Å². The Kier molecular flexibility index (Phi) is 6.33. The molecule has 0 atom stereocenters. The molecule has 1 aliphatic heterocycles. The molecule has 0 spiro atoms. The number of carboxylic acids is 1. The minimum atomic E-state index is -0.691. The van der Waals surface area contributed by atoms with Crippen LogP contribution in [0.5, 0.6) is 0 Å². The molecule has 5 heteroatoms. The van der Waals surface area contributed by atoms with Crippen LogP contribution < -0.4 is 4.90 Å². The Bertz CT molecular complexity index is 459. The molecule has 0 amide bonds. The number of halogens is 1. The van der Waals surface area contributed by atoms with Gasteiger partial charge in [-0.3, -0.25) is 9.69 Å². The number of hydrogen-bond acceptors (Lipinski definition) is 3. The highest BCUT2D eigenvalue weighted by Crippen LogP contribution is 2.26. The van der Waals surface area contributed by atoms with Crippen molar-refractivity contribution in [3.8, 4) is 0 Å². The summed E-state index contributed by atoms with van der Waals surface area (Å²) in [6, 6.07) is 7.99. The summed E-state index contributed by atoms with van der Waals surface area (Å²) in [6.45, 7) is 5.15. The van der Waals surface area contributed by atoms with Gasteiger partial charge in [0.2, 0.25) is 0 Å². The second-order valence-electron chi connectivity index (χ2n) is 5.48. The van der Waals surface area contributed by atoms with Crippen molar-refractivity contribution < 1.29 is 9.90 Å². The maximum atomic E-state index is 10.4. The lowest BCUT2D eigenvalue weighted by molar-refractivity contribution is -0.137. The molecule has 116 valence electrons. The van der Waals surface area contributed by atoms with Crippen molar-refractivity contribution >= 4 is 23.3 Å². The third-order valence-corrected chi connectivity index (χ3v) is 4.25. The van der Waals surface area contributed by atoms with Crippen molar-refractivity contribution in [1.82, 2.24) is 4.90 Å². The molecule has 0 aromatic heterocycles. The molecule has 0 aliphatic carbocycles. The van der Waals surface area contributed by atoms with E-state index in [0.717, 1.165) is 62.7 Å². The highest BCUT2D eigenvalue weighted by molar-refractivity contribution is 6.33. The largest absolute Gasteiger partial charge is 0.481 e. The maximum absolute atomic E-state index is 10.4. The van der Waals surface area contributed by atoms with Crippen LogP contribution in [0.1, 0.15) is 25.7 Å². The normalized spacial score (nSPS) is 16.1. The summed E-state index contributed by atoms with van der Waals surface area (Å²) in [5, 5.41) is 9.41. The summed E-state index contributed by atoms with van der Waals surface area (Å²) in [5.74, 6) is -0.691. The van der Waals surface area contributed by atoms with Crippen molar-refractivity contribution in [2.75, 3.05) is 37.6 Å². The average Bonchev–Trinajstić information content (AvgIpc) is 2.48.